The van der Waals surface area contributed by atoms with Gasteiger partial charge in [-0.05, 0) is 106 Å². The molecule has 0 N–H and O–H groups in total. The van der Waals surface area contributed by atoms with Crippen LogP contribution in [0, 0.1) is 5.92 Å². The second-order valence-corrected chi connectivity index (χ2v) is 16.2. The molecule has 4 aliphatic rings. The number of urea groups is 1. The summed E-state index contributed by atoms with van der Waals surface area (Å²) in [6.45, 7) is 12.6. The van der Waals surface area contributed by atoms with E-state index in [-0.39, 0.29) is 46.5 Å². The van der Waals surface area contributed by atoms with Crippen molar-refractivity contribution in [3.8, 4) is 0 Å². The van der Waals surface area contributed by atoms with Gasteiger partial charge in [-0.15, -0.1) is 0 Å². The van der Waals surface area contributed by atoms with Crippen LogP contribution in [-0.4, -0.2) is 81.6 Å². The third-order valence-electron chi connectivity index (χ3n) is 11.2. The Morgan fingerprint density at radius 2 is 1.62 bits per heavy atom. The number of halogens is 2. The molecule has 0 saturated carbocycles. The highest BCUT2D eigenvalue weighted by Gasteiger charge is 2.63. The van der Waals surface area contributed by atoms with Gasteiger partial charge in [0.2, 0.25) is 0 Å². The second-order valence-electron chi connectivity index (χ2n) is 14.3. The number of aliphatic imine (C=N–C) groups is 1. The number of carbonyl (C=O) groups excluding carboxylic acids is 2. The summed E-state index contributed by atoms with van der Waals surface area (Å²) in [6.07, 6.45) is 4.31. The molecule has 2 aromatic carbocycles. The number of rotatable bonds is 6. The van der Waals surface area contributed by atoms with E-state index in [1.165, 1.54) is 11.8 Å². The van der Waals surface area contributed by atoms with Gasteiger partial charge in [-0.2, -0.15) is 4.48 Å². The quantitative estimate of drug-likeness (QED) is 0.283. The lowest BCUT2D eigenvalue weighted by atomic mass is 9.81. The van der Waals surface area contributed by atoms with E-state index in [1.807, 2.05) is 48.3 Å². The Kier molecular flexibility index (Phi) is 9.66. The Balaban J connectivity index is 1.47. The topological polar surface area (TPSA) is 56.2 Å². The minimum absolute atomic E-state index is 0.0104. The van der Waals surface area contributed by atoms with Crippen molar-refractivity contribution in [2.45, 2.75) is 96.4 Å². The number of benzene rings is 2. The molecule has 0 aliphatic carbocycles. The van der Waals surface area contributed by atoms with Crippen LogP contribution in [0.15, 0.2) is 64.1 Å². The Morgan fingerprint density at radius 3 is 2.19 bits per heavy atom. The van der Waals surface area contributed by atoms with Gasteiger partial charge in [0, 0.05) is 41.7 Å². The first-order chi connectivity index (χ1) is 22.3. The molecule has 2 fully saturated rings. The predicted octanol–water partition coefficient (Wildman–Crippen LogP) is 8.69. The van der Waals surface area contributed by atoms with Gasteiger partial charge in [0.15, 0.2) is 5.17 Å². The maximum Gasteiger partial charge on any atom is 0.427 e. The summed E-state index contributed by atoms with van der Waals surface area (Å²) in [4.78, 5) is 43.0. The highest BCUT2D eigenvalue weighted by molar-refractivity contribution is 8.18. The molecule has 6 rings (SSSR count). The summed E-state index contributed by atoms with van der Waals surface area (Å²) in [7, 11) is 4.06. The minimum atomic E-state index is -0.654. The van der Waals surface area contributed by atoms with Crippen molar-refractivity contribution in [2.24, 2.45) is 10.9 Å². The molecule has 7 nitrogen and oxygen atoms in total. The van der Waals surface area contributed by atoms with Crippen LogP contribution < -0.4 is 0 Å². The number of piperidine rings is 1. The van der Waals surface area contributed by atoms with Crippen molar-refractivity contribution in [3.63, 3.8) is 0 Å². The SMILES string of the molecule is CC[C@@H]1CCC(C)[N+]1(C(=O)C1=C(C(C)C)N2C(=N[C@@](C)(c3ccc(Cl)cc3)[C@H]2c2ccc(Cl)cc2)S1)C(=O)N(C)C1CCN(C)CC1. The van der Waals surface area contributed by atoms with Crippen LogP contribution in [0.3, 0.4) is 0 Å². The molecule has 0 spiro atoms. The van der Waals surface area contributed by atoms with E-state index >= 15 is 4.79 Å². The van der Waals surface area contributed by atoms with Crippen molar-refractivity contribution < 1.29 is 14.1 Å². The third kappa shape index (κ3) is 5.66. The minimum Gasteiger partial charge on any atom is -0.313 e. The lowest BCUT2D eigenvalue weighted by molar-refractivity contribution is -0.812. The van der Waals surface area contributed by atoms with Crippen LogP contribution in [0.4, 0.5) is 4.79 Å². The van der Waals surface area contributed by atoms with Crippen molar-refractivity contribution in [3.05, 3.63) is 80.3 Å². The van der Waals surface area contributed by atoms with Gasteiger partial charge in [-0.3, -0.25) is 4.90 Å². The number of nitrogens with zero attached hydrogens (tertiary/aromatic N) is 5. The highest BCUT2D eigenvalue weighted by Crippen LogP contribution is 2.57. The smallest absolute Gasteiger partial charge is 0.313 e. The van der Waals surface area contributed by atoms with E-state index < -0.39 is 5.54 Å². The maximum absolute atomic E-state index is 15.5. The van der Waals surface area contributed by atoms with E-state index in [0.717, 1.165) is 67.2 Å². The molecule has 0 bridgehead atoms. The van der Waals surface area contributed by atoms with Gasteiger partial charge in [0.1, 0.15) is 22.5 Å². The van der Waals surface area contributed by atoms with Crippen LogP contribution >= 0.6 is 35.0 Å². The van der Waals surface area contributed by atoms with Crippen molar-refractivity contribution in [2.75, 3.05) is 27.2 Å². The summed E-state index contributed by atoms with van der Waals surface area (Å²) in [5, 5.41) is 2.13. The third-order valence-corrected chi connectivity index (χ3v) is 12.8. The summed E-state index contributed by atoms with van der Waals surface area (Å²) in [5.74, 6) is -0.0586. The number of hydrogen-bond donors (Lipinski definition) is 0. The van der Waals surface area contributed by atoms with Gasteiger partial charge in [0.05, 0.1) is 6.04 Å². The first kappa shape index (κ1) is 34.5. The first-order valence-electron chi connectivity index (χ1n) is 17.1. The number of fused-ring (bicyclic) bond motifs is 1. The van der Waals surface area contributed by atoms with Crippen LogP contribution in [0.5, 0.6) is 0 Å². The van der Waals surface area contributed by atoms with Gasteiger partial charge in [-0.25, -0.2) is 14.6 Å². The molecule has 0 radical (unpaired) electrons. The average Bonchev–Trinajstić information content (AvgIpc) is 3.68. The van der Waals surface area contributed by atoms with Gasteiger partial charge in [-0.1, -0.05) is 68.2 Å². The van der Waals surface area contributed by atoms with Crippen molar-refractivity contribution in [1.29, 1.82) is 0 Å². The Labute approximate surface area is 294 Å². The summed E-state index contributed by atoms with van der Waals surface area (Å²) in [5.41, 5.74) is 2.38. The zero-order valence-corrected chi connectivity index (χ0v) is 31.0. The number of quaternary nitrogens is 1. The zero-order valence-electron chi connectivity index (χ0n) is 28.7. The largest absolute Gasteiger partial charge is 0.427 e. The van der Waals surface area contributed by atoms with Crippen LogP contribution in [-0.2, 0) is 10.3 Å². The summed E-state index contributed by atoms with van der Waals surface area (Å²) >= 11 is 14.1. The number of amides is 3. The molecule has 47 heavy (non-hydrogen) atoms. The fourth-order valence-electron chi connectivity index (χ4n) is 8.52. The van der Waals surface area contributed by atoms with Gasteiger partial charge < -0.3 is 9.80 Å². The highest BCUT2D eigenvalue weighted by atomic mass is 35.5. The van der Waals surface area contributed by atoms with E-state index in [1.54, 1.807) is 0 Å². The summed E-state index contributed by atoms with van der Waals surface area (Å²) in [6, 6.07) is 15.5. The standard InChI is InChI=1S/C37H48Cl2N5O2S/c1-8-30-18-9-24(4)44(30,36(46)42(7)29-19-21-41(6)22-20-29)34(45)32-31(23(2)3)43-33(25-10-14-27(38)15-11-25)37(5,40-35(43)47-32)26-12-16-28(39)17-13-26/h10-17,23-24,29-30,33H,8-9,18-22H2,1-7H3/q+1/t24?,30-,33-,37+,44?/m1/s1. The van der Waals surface area contributed by atoms with Gasteiger partial charge >= 0.3 is 11.9 Å². The fraction of sp³-hybridized carbons (Fsp3) is 0.541. The molecule has 2 saturated heterocycles. The lowest BCUT2D eigenvalue weighted by Crippen LogP contribution is -2.68. The molecule has 2 unspecified atom stereocenters. The molecular formula is C37H48Cl2N5O2S+. The van der Waals surface area contributed by atoms with Gasteiger partial charge in [0.25, 0.3) is 0 Å². The van der Waals surface area contributed by atoms with E-state index in [2.05, 4.69) is 63.6 Å². The normalized spacial score (nSPS) is 29.9. The number of amidine groups is 1. The molecule has 252 valence electrons. The number of hydrogen-bond acceptors (Lipinski definition) is 6. The molecule has 5 atom stereocenters. The number of imide groups is 1. The number of allylic oxidation sites excluding steroid dienone is 1. The zero-order chi connectivity index (χ0) is 33.8. The van der Waals surface area contributed by atoms with E-state index in [0.29, 0.717) is 15.0 Å². The molecule has 2 aromatic rings. The molecule has 3 amide bonds. The fourth-order valence-corrected chi connectivity index (χ4v) is 10.2. The molecular weight excluding hydrogens is 649 g/mol. The molecule has 10 heteroatoms. The maximum atomic E-state index is 15.5. The van der Waals surface area contributed by atoms with Crippen LogP contribution in [0.1, 0.15) is 83.9 Å². The number of likely N-dealkylation sites (tertiary alicyclic amines) is 2. The predicted molar refractivity (Wildman–Crippen MR) is 193 cm³/mol. The molecule has 4 heterocycles. The van der Waals surface area contributed by atoms with Crippen LogP contribution in [0.2, 0.25) is 10.0 Å². The number of carbonyl (C=O) groups is 2. The summed E-state index contributed by atoms with van der Waals surface area (Å²) < 4.78 is -0.140. The molecule has 4 aliphatic heterocycles. The average molecular weight is 698 g/mol. The first-order valence-corrected chi connectivity index (χ1v) is 18.6. The van der Waals surface area contributed by atoms with E-state index in [9.17, 15) is 4.79 Å². The Hall–Kier alpha value is -2.36. The monoisotopic (exact) mass is 696 g/mol. The number of thioether (sulfide) groups is 1. The van der Waals surface area contributed by atoms with Crippen molar-refractivity contribution >= 4 is 52.1 Å². The Bertz CT molecular complexity index is 1590. The van der Waals surface area contributed by atoms with Crippen molar-refractivity contribution in [1.82, 2.24) is 14.7 Å². The lowest BCUT2D eigenvalue weighted by Gasteiger charge is -2.43. The second kappa shape index (κ2) is 13.2. The Morgan fingerprint density at radius 1 is 1.02 bits per heavy atom. The van der Waals surface area contributed by atoms with E-state index in [4.69, 9.17) is 28.2 Å². The molecule has 0 aromatic heterocycles. The van der Waals surface area contributed by atoms with Crippen LogP contribution in [0.25, 0.3) is 0 Å².